The maximum atomic E-state index is 9.06. The summed E-state index contributed by atoms with van der Waals surface area (Å²) in [4.78, 5) is 6.77. The number of nitrogen functional groups attached to an aromatic ring is 1. The third-order valence-electron chi connectivity index (χ3n) is 3.86. The number of nitrogens with zero attached hydrogens (tertiary/aromatic N) is 5. The number of anilines is 2. The molecule has 1 saturated heterocycles. The van der Waals surface area contributed by atoms with E-state index < -0.39 is 0 Å². The van der Waals surface area contributed by atoms with Gasteiger partial charge in [0.15, 0.2) is 0 Å². The van der Waals surface area contributed by atoms with E-state index in [4.69, 9.17) is 11.0 Å². The molecule has 3 heterocycles. The molecule has 0 amide bonds. The summed E-state index contributed by atoms with van der Waals surface area (Å²) in [6, 6.07) is 8.07. The predicted octanol–water partition coefficient (Wildman–Crippen LogP) is 1.88. The highest BCUT2D eigenvalue weighted by atomic mass is 15.3. The van der Waals surface area contributed by atoms with Crippen LogP contribution in [0.3, 0.4) is 0 Å². The summed E-state index contributed by atoms with van der Waals surface area (Å²) in [5, 5.41) is 13.3. The van der Waals surface area contributed by atoms with E-state index in [0.717, 1.165) is 37.4 Å². The van der Waals surface area contributed by atoms with Crippen LogP contribution in [0.1, 0.15) is 30.1 Å². The van der Waals surface area contributed by atoms with Crippen molar-refractivity contribution in [3.05, 3.63) is 35.7 Å². The Morgan fingerprint density at radius 2 is 2.10 bits per heavy atom. The van der Waals surface area contributed by atoms with Gasteiger partial charge < -0.3 is 10.6 Å². The molecule has 3 rings (SSSR count). The van der Waals surface area contributed by atoms with Crippen molar-refractivity contribution in [1.29, 1.82) is 5.26 Å². The average molecular weight is 282 g/mol. The van der Waals surface area contributed by atoms with Crippen molar-refractivity contribution in [3.8, 4) is 6.07 Å². The van der Waals surface area contributed by atoms with Gasteiger partial charge in [-0.05, 0) is 38.0 Å². The molecule has 0 bridgehead atoms. The third kappa shape index (κ3) is 2.82. The molecule has 6 heteroatoms. The molecule has 108 valence electrons. The lowest BCUT2D eigenvalue weighted by Gasteiger charge is -2.33. The van der Waals surface area contributed by atoms with Crippen LogP contribution in [0, 0.1) is 18.3 Å². The number of hydrogen-bond acceptors (Lipinski definition) is 5. The molecule has 1 aliphatic rings. The molecular formula is C15H18N6. The fraction of sp³-hybridized carbons (Fsp3) is 0.400. The number of nitriles is 1. The average Bonchev–Trinajstić information content (AvgIpc) is 2.93. The van der Waals surface area contributed by atoms with Gasteiger partial charge in [0.2, 0.25) is 0 Å². The van der Waals surface area contributed by atoms with Gasteiger partial charge in [-0.15, -0.1) is 0 Å². The first-order valence-electron chi connectivity index (χ1n) is 7.10. The number of piperidine rings is 1. The van der Waals surface area contributed by atoms with Crippen LogP contribution in [0.15, 0.2) is 24.4 Å². The van der Waals surface area contributed by atoms with Crippen molar-refractivity contribution in [2.24, 2.45) is 0 Å². The van der Waals surface area contributed by atoms with Crippen LogP contribution in [-0.4, -0.2) is 27.9 Å². The van der Waals surface area contributed by atoms with Crippen molar-refractivity contribution >= 4 is 11.6 Å². The van der Waals surface area contributed by atoms with Gasteiger partial charge in [0.1, 0.15) is 11.6 Å². The van der Waals surface area contributed by atoms with Gasteiger partial charge in [-0.2, -0.15) is 10.4 Å². The summed E-state index contributed by atoms with van der Waals surface area (Å²) in [5.41, 5.74) is 7.22. The molecule has 0 atom stereocenters. The lowest BCUT2D eigenvalue weighted by molar-refractivity contribution is 0.366. The number of nitrogens with two attached hydrogens (primary N) is 1. The van der Waals surface area contributed by atoms with Crippen molar-refractivity contribution in [2.75, 3.05) is 23.7 Å². The zero-order chi connectivity index (χ0) is 14.8. The highest BCUT2D eigenvalue weighted by Crippen LogP contribution is 2.26. The number of rotatable bonds is 2. The van der Waals surface area contributed by atoms with E-state index in [1.807, 2.05) is 36.0 Å². The second-order valence-corrected chi connectivity index (χ2v) is 5.41. The summed E-state index contributed by atoms with van der Waals surface area (Å²) < 4.78 is 1.96. The van der Waals surface area contributed by atoms with Gasteiger partial charge in [0.25, 0.3) is 0 Å². The third-order valence-corrected chi connectivity index (χ3v) is 3.86. The number of hydrogen-bond donors (Lipinski definition) is 1. The van der Waals surface area contributed by atoms with E-state index >= 15 is 0 Å². The lowest BCUT2D eigenvalue weighted by atomic mass is 10.1. The molecule has 2 aromatic heterocycles. The topological polar surface area (TPSA) is 83.8 Å². The fourth-order valence-corrected chi connectivity index (χ4v) is 2.79. The molecule has 0 aliphatic carbocycles. The molecule has 0 saturated carbocycles. The molecule has 0 spiro atoms. The van der Waals surface area contributed by atoms with Crippen LogP contribution in [0.4, 0.5) is 11.6 Å². The Kier molecular flexibility index (Phi) is 3.48. The van der Waals surface area contributed by atoms with E-state index in [9.17, 15) is 0 Å². The first-order chi connectivity index (χ1) is 10.2. The number of aromatic nitrogens is 3. The van der Waals surface area contributed by atoms with E-state index in [-0.39, 0.29) is 0 Å². The monoisotopic (exact) mass is 282 g/mol. The molecule has 21 heavy (non-hydrogen) atoms. The Labute approximate surface area is 123 Å². The number of pyridine rings is 1. The lowest BCUT2D eigenvalue weighted by Crippen LogP contribution is -2.35. The van der Waals surface area contributed by atoms with Crippen LogP contribution < -0.4 is 10.6 Å². The first kappa shape index (κ1) is 13.4. The summed E-state index contributed by atoms with van der Waals surface area (Å²) in [6.07, 6.45) is 3.94. The molecule has 2 aromatic rings. The fourth-order valence-electron chi connectivity index (χ4n) is 2.79. The van der Waals surface area contributed by atoms with Gasteiger partial charge in [0.05, 0.1) is 17.7 Å². The maximum Gasteiger partial charge on any atom is 0.145 e. The largest absolute Gasteiger partial charge is 0.382 e. The Balaban J connectivity index is 1.71. The summed E-state index contributed by atoms with van der Waals surface area (Å²) in [6.45, 7) is 3.74. The minimum Gasteiger partial charge on any atom is -0.382 e. The molecule has 1 aliphatic heterocycles. The summed E-state index contributed by atoms with van der Waals surface area (Å²) in [7, 11) is 0. The minimum atomic E-state index is 0.388. The summed E-state index contributed by atoms with van der Waals surface area (Å²) in [5.74, 6) is 1.46. The van der Waals surface area contributed by atoms with E-state index in [1.165, 1.54) is 0 Å². The molecule has 1 fully saturated rings. The quantitative estimate of drug-likeness (QED) is 0.909. The summed E-state index contributed by atoms with van der Waals surface area (Å²) >= 11 is 0. The predicted molar refractivity (Wildman–Crippen MR) is 80.8 cm³/mol. The van der Waals surface area contributed by atoms with E-state index in [1.54, 1.807) is 0 Å². The Hall–Kier alpha value is -2.55. The molecule has 0 unspecified atom stereocenters. The highest BCUT2D eigenvalue weighted by Gasteiger charge is 2.22. The zero-order valence-corrected chi connectivity index (χ0v) is 12.0. The van der Waals surface area contributed by atoms with Gasteiger partial charge in [-0.25, -0.2) is 4.98 Å². The van der Waals surface area contributed by atoms with Gasteiger partial charge in [-0.3, -0.25) is 4.68 Å². The zero-order valence-electron chi connectivity index (χ0n) is 12.0. The van der Waals surface area contributed by atoms with E-state index in [2.05, 4.69) is 21.1 Å². The Morgan fingerprint density at radius 1 is 1.33 bits per heavy atom. The number of aryl methyl sites for hydroxylation is 1. The second kappa shape index (κ2) is 5.44. The highest BCUT2D eigenvalue weighted by molar-refractivity contribution is 5.46. The van der Waals surface area contributed by atoms with Gasteiger partial charge >= 0.3 is 0 Å². The Morgan fingerprint density at radius 3 is 2.71 bits per heavy atom. The molecule has 0 radical (unpaired) electrons. The smallest absolute Gasteiger partial charge is 0.145 e. The first-order valence-corrected chi connectivity index (χ1v) is 7.10. The molecule has 0 aromatic carbocycles. The van der Waals surface area contributed by atoms with Crippen LogP contribution >= 0.6 is 0 Å². The van der Waals surface area contributed by atoms with Gasteiger partial charge in [0, 0.05) is 25.0 Å². The Bertz CT molecular complexity index is 676. The van der Waals surface area contributed by atoms with Gasteiger partial charge in [-0.1, -0.05) is 0 Å². The maximum absolute atomic E-state index is 9.06. The standard InChI is InChI=1S/C15H18N6/c1-11-8-12(10-16)9-15(18-11)20-5-2-13(3-6-20)21-7-4-14(17)19-21/h4,7-9,13H,2-3,5-6H2,1H3,(H2,17,19). The second-order valence-electron chi connectivity index (χ2n) is 5.41. The van der Waals surface area contributed by atoms with E-state index in [0.29, 0.717) is 17.4 Å². The van der Waals surface area contributed by atoms with Crippen molar-refractivity contribution in [3.63, 3.8) is 0 Å². The minimum absolute atomic E-state index is 0.388. The molecule has 2 N–H and O–H groups in total. The van der Waals surface area contributed by atoms with Crippen LogP contribution in [0.2, 0.25) is 0 Å². The van der Waals surface area contributed by atoms with Crippen molar-refractivity contribution in [1.82, 2.24) is 14.8 Å². The molecular weight excluding hydrogens is 264 g/mol. The van der Waals surface area contributed by atoms with Crippen molar-refractivity contribution in [2.45, 2.75) is 25.8 Å². The molecule has 6 nitrogen and oxygen atoms in total. The normalized spacial score (nSPS) is 15.9. The van der Waals surface area contributed by atoms with Crippen LogP contribution in [0.5, 0.6) is 0 Å². The van der Waals surface area contributed by atoms with Crippen molar-refractivity contribution < 1.29 is 0 Å². The van der Waals surface area contributed by atoms with Crippen LogP contribution in [0.25, 0.3) is 0 Å². The SMILES string of the molecule is Cc1cc(C#N)cc(N2CCC(n3ccc(N)n3)CC2)n1. The van der Waals surface area contributed by atoms with Crippen LogP contribution in [-0.2, 0) is 0 Å².